The van der Waals surface area contributed by atoms with Crippen LogP contribution in [0.3, 0.4) is 0 Å². The van der Waals surface area contributed by atoms with Crippen LogP contribution < -0.4 is 10.6 Å². The summed E-state index contributed by atoms with van der Waals surface area (Å²) in [6.45, 7) is 2.12. The Hall–Kier alpha value is -2.27. The molecule has 0 saturated heterocycles. The number of nitrogens with one attached hydrogen (secondary N) is 2. The van der Waals surface area contributed by atoms with E-state index in [0.717, 1.165) is 23.4 Å². The summed E-state index contributed by atoms with van der Waals surface area (Å²) in [6, 6.07) is 8.39. The van der Waals surface area contributed by atoms with Gasteiger partial charge in [0.15, 0.2) is 0 Å². The molecule has 0 fully saturated rings. The second-order valence-corrected chi connectivity index (χ2v) is 8.15. The number of anilines is 1. The monoisotopic (exact) mass is 351 g/mol. The molecule has 1 aliphatic heterocycles. The van der Waals surface area contributed by atoms with Crippen molar-refractivity contribution in [2.24, 2.45) is 7.05 Å². The lowest BCUT2D eigenvalue weighted by Crippen LogP contribution is -2.38. The van der Waals surface area contributed by atoms with Crippen molar-refractivity contribution < 1.29 is 4.79 Å². The number of aryl methyl sites for hydroxylation is 2. The summed E-state index contributed by atoms with van der Waals surface area (Å²) in [5.41, 5.74) is 5.73. The number of rotatable bonds is 1. The maximum Gasteiger partial charge on any atom is 0.256 e. The first-order chi connectivity index (χ1) is 12.1. The Balaban J connectivity index is 1.63. The molecule has 3 aromatic rings. The largest absolute Gasteiger partial charge is 0.353 e. The fraction of sp³-hybridized carbons (Fsp3) is 0.350. The van der Waals surface area contributed by atoms with Gasteiger partial charge in [-0.15, -0.1) is 11.3 Å². The molecule has 0 radical (unpaired) electrons. The van der Waals surface area contributed by atoms with Gasteiger partial charge in [0.05, 0.1) is 5.56 Å². The molecule has 2 aromatic heterocycles. The average Bonchev–Trinajstić information content (AvgIpc) is 3.11. The highest BCUT2D eigenvalue weighted by Gasteiger charge is 2.33. The van der Waals surface area contributed by atoms with E-state index in [9.17, 15) is 4.79 Å². The van der Waals surface area contributed by atoms with E-state index in [1.807, 2.05) is 0 Å². The van der Waals surface area contributed by atoms with Gasteiger partial charge in [0.1, 0.15) is 11.2 Å². The van der Waals surface area contributed by atoms with E-state index >= 15 is 0 Å². The van der Waals surface area contributed by atoms with Crippen molar-refractivity contribution in [2.75, 3.05) is 5.32 Å². The summed E-state index contributed by atoms with van der Waals surface area (Å²) in [5.74, 6) is 0.0745. The zero-order valence-corrected chi connectivity index (χ0v) is 15.3. The number of aromatic nitrogens is 1. The number of carbonyl (C=O) groups is 1. The van der Waals surface area contributed by atoms with Crippen LogP contribution in [0.2, 0.25) is 0 Å². The number of hydrogen-bond donors (Lipinski definition) is 2. The highest BCUT2D eigenvalue weighted by Crippen LogP contribution is 2.42. The van der Waals surface area contributed by atoms with Gasteiger partial charge in [-0.05, 0) is 44.2 Å². The standard InChI is InChI=1S/C20H21N3OS/c1-11-16(12-7-3-5-9-14(12)23(11)2)18-21-19(24)17-13-8-4-6-10-15(13)25-20(17)22-18/h3,5,7,9,18,22H,4,6,8,10H2,1-2H3,(H,21,24). The van der Waals surface area contributed by atoms with Crippen LogP contribution >= 0.6 is 11.3 Å². The first kappa shape index (κ1) is 15.0. The highest BCUT2D eigenvalue weighted by molar-refractivity contribution is 7.16. The van der Waals surface area contributed by atoms with Gasteiger partial charge in [-0.3, -0.25) is 4.79 Å². The SMILES string of the molecule is Cc1c(C2NC(=O)c3c(sc4c3CCCC4)N2)c2ccccc2n1C. The average molecular weight is 351 g/mol. The van der Waals surface area contributed by atoms with E-state index in [1.165, 1.54) is 45.4 Å². The number of hydrogen-bond acceptors (Lipinski definition) is 3. The molecule has 5 heteroatoms. The molecule has 0 spiro atoms. The van der Waals surface area contributed by atoms with Crippen LogP contribution in [0.5, 0.6) is 0 Å². The molecule has 1 aliphatic carbocycles. The summed E-state index contributed by atoms with van der Waals surface area (Å²) in [5, 5.41) is 9.08. The Labute approximate surface area is 150 Å². The van der Waals surface area contributed by atoms with E-state index in [0.29, 0.717) is 0 Å². The molecule has 1 amide bonds. The number of benzene rings is 1. The van der Waals surface area contributed by atoms with Crippen molar-refractivity contribution in [3.8, 4) is 0 Å². The van der Waals surface area contributed by atoms with E-state index in [1.54, 1.807) is 11.3 Å². The minimum atomic E-state index is -0.175. The minimum Gasteiger partial charge on any atom is -0.353 e. The summed E-state index contributed by atoms with van der Waals surface area (Å²) in [6.07, 6.45) is 4.40. The number of nitrogens with zero attached hydrogens (tertiary/aromatic N) is 1. The van der Waals surface area contributed by atoms with Gasteiger partial charge >= 0.3 is 0 Å². The molecule has 1 aromatic carbocycles. The molecule has 4 nitrogen and oxygen atoms in total. The fourth-order valence-corrected chi connectivity index (χ4v) is 5.65. The second kappa shape index (κ2) is 5.36. The van der Waals surface area contributed by atoms with Crippen LogP contribution in [0.4, 0.5) is 5.00 Å². The van der Waals surface area contributed by atoms with Crippen LogP contribution in [0.15, 0.2) is 24.3 Å². The molecule has 5 rings (SSSR count). The third-order valence-electron chi connectivity index (χ3n) is 5.69. The molecule has 0 saturated carbocycles. The maximum atomic E-state index is 12.9. The summed E-state index contributed by atoms with van der Waals surface area (Å²) in [7, 11) is 2.08. The van der Waals surface area contributed by atoms with Gasteiger partial charge in [0, 0.05) is 34.1 Å². The predicted molar refractivity (Wildman–Crippen MR) is 102 cm³/mol. The van der Waals surface area contributed by atoms with Crippen LogP contribution in [0.1, 0.15) is 51.1 Å². The predicted octanol–water partition coefficient (Wildman–Crippen LogP) is 4.28. The molecule has 128 valence electrons. The Bertz CT molecular complexity index is 1010. The van der Waals surface area contributed by atoms with E-state index in [4.69, 9.17) is 0 Å². The van der Waals surface area contributed by atoms with E-state index < -0.39 is 0 Å². The molecule has 2 N–H and O–H groups in total. The van der Waals surface area contributed by atoms with Crippen molar-refractivity contribution in [3.63, 3.8) is 0 Å². The van der Waals surface area contributed by atoms with Gasteiger partial charge in [0.25, 0.3) is 5.91 Å². The third-order valence-corrected chi connectivity index (χ3v) is 6.91. The Morgan fingerprint density at radius 1 is 1.16 bits per heavy atom. The number of fused-ring (bicyclic) bond motifs is 4. The maximum absolute atomic E-state index is 12.9. The van der Waals surface area contributed by atoms with Gasteiger partial charge in [-0.25, -0.2) is 0 Å². The minimum absolute atomic E-state index is 0.0745. The quantitative estimate of drug-likeness (QED) is 0.687. The van der Waals surface area contributed by atoms with Crippen molar-refractivity contribution in [2.45, 2.75) is 38.8 Å². The highest BCUT2D eigenvalue weighted by atomic mass is 32.1. The van der Waals surface area contributed by atoms with Crippen LogP contribution in [0.25, 0.3) is 10.9 Å². The fourth-order valence-electron chi connectivity index (χ4n) is 4.34. The van der Waals surface area contributed by atoms with Crippen molar-refractivity contribution in [3.05, 3.63) is 51.5 Å². The first-order valence-corrected chi connectivity index (χ1v) is 9.72. The lowest BCUT2D eigenvalue weighted by atomic mass is 9.94. The Kier molecular flexibility index (Phi) is 3.22. The topological polar surface area (TPSA) is 46.1 Å². The molecule has 1 atom stereocenters. The van der Waals surface area contributed by atoms with Crippen molar-refractivity contribution >= 4 is 33.1 Å². The van der Waals surface area contributed by atoms with Crippen LogP contribution in [-0.4, -0.2) is 10.5 Å². The summed E-state index contributed by atoms with van der Waals surface area (Å²) in [4.78, 5) is 14.3. The van der Waals surface area contributed by atoms with Gasteiger partial charge in [0.2, 0.25) is 0 Å². The molecule has 25 heavy (non-hydrogen) atoms. The molecular weight excluding hydrogens is 330 g/mol. The smallest absolute Gasteiger partial charge is 0.256 e. The lowest BCUT2D eigenvalue weighted by Gasteiger charge is -2.27. The number of thiophene rings is 1. The third kappa shape index (κ3) is 2.08. The van der Waals surface area contributed by atoms with Crippen LogP contribution in [0, 0.1) is 6.92 Å². The molecule has 1 unspecified atom stereocenters. The number of carbonyl (C=O) groups excluding carboxylic acids is 1. The van der Waals surface area contributed by atoms with E-state index in [-0.39, 0.29) is 12.1 Å². The Morgan fingerprint density at radius 3 is 2.84 bits per heavy atom. The van der Waals surface area contributed by atoms with Crippen LogP contribution in [-0.2, 0) is 19.9 Å². The van der Waals surface area contributed by atoms with Crippen molar-refractivity contribution in [1.82, 2.24) is 9.88 Å². The van der Waals surface area contributed by atoms with Crippen molar-refractivity contribution in [1.29, 1.82) is 0 Å². The number of amides is 1. The first-order valence-electron chi connectivity index (χ1n) is 8.91. The number of para-hydroxylation sites is 1. The second-order valence-electron chi connectivity index (χ2n) is 7.04. The summed E-state index contributed by atoms with van der Waals surface area (Å²) >= 11 is 1.78. The normalized spacial score (nSPS) is 19.3. The van der Waals surface area contributed by atoms with E-state index in [2.05, 4.69) is 53.4 Å². The lowest BCUT2D eigenvalue weighted by molar-refractivity contribution is 0.0935. The van der Waals surface area contributed by atoms with Gasteiger partial charge < -0.3 is 15.2 Å². The molecular formula is C20H21N3OS. The van der Waals surface area contributed by atoms with Gasteiger partial charge in [-0.1, -0.05) is 18.2 Å². The molecule has 2 aliphatic rings. The molecule has 0 bridgehead atoms. The zero-order valence-electron chi connectivity index (χ0n) is 14.5. The van der Waals surface area contributed by atoms with Gasteiger partial charge in [-0.2, -0.15) is 0 Å². The molecule has 3 heterocycles. The Morgan fingerprint density at radius 2 is 1.96 bits per heavy atom. The zero-order chi connectivity index (χ0) is 17.1. The summed E-state index contributed by atoms with van der Waals surface area (Å²) < 4.78 is 2.20.